The summed E-state index contributed by atoms with van der Waals surface area (Å²) in [6, 6.07) is 11.9. The standard InChI is InChI=1S/C17H15ClN4O2/c1-2-14(11-4-3-5-12(18)8-11)15(9-19)13(21)22-17(16(14,15)10-20)23-6-7-24-17/h3-5,8H,2,6-7H2,1H3,(H2,21,22)/p+1/t14-,15-,16+/m0/s1. The van der Waals surface area contributed by atoms with E-state index in [2.05, 4.69) is 17.1 Å². The predicted octanol–water partition coefficient (Wildman–Crippen LogP) is 0.173. The van der Waals surface area contributed by atoms with Gasteiger partial charge < -0.3 is 9.47 Å². The van der Waals surface area contributed by atoms with Crippen molar-refractivity contribution in [2.24, 2.45) is 16.6 Å². The van der Waals surface area contributed by atoms with Crippen LogP contribution in [0.2, 0.25) is 5.02 Å². The lowest BCUT2D eigenvalue weighted by molar-refractivity contribution is -0.677. The molecule has 1 spiro atoms. The molecule has 122 valence electrons. The maximum Gasteiger partial charge on any atom is 0.343 e. The molecule has 2 fully saturated rings. The van der Waals surface area contributed by atoms with E-state index in [0.29, 0.717) is 24.7 Å². The second-order valence-corrected chi connectivity index (χ2v) is 6.78. The number of hydrogen-bond donors (Lipinski definition) is 2. The summed E-state index contributed by atoms with van der Waals surface area (Å²) in [6.45, 7) is 2.61. The van der Waals surface area contributed by atoms with Crippen LogP contribution in [-0.2, 0) is 14.9 Å². The zero-order valence-electron chi connectivity index (χ0n) is 13.1. The van der Waals surface area contributed by atoms with Gasteiger partial charge in [0.05, 0.1) is 30.8 Å². The van der Waals surface area contributed by atoms with Crippen LogP contribution in [0.4, 0.5) is 0 Å². The van der Waals surface area contributed by atoms with E-state index >= 15 is 0 Å². The number of nitriles is 2. The molecule has 1 saturated heterocycles. The number of nitrogens with two attached hydrogens (primary N) is 1. The van der Waals surface area contributed by atoms with Crippen molar-refractivity contribution in [2.45, 2.75) is 24.7 Å². The van der Waals surface area contributed by atoms with Crippen LogP contribution in [-0.4, -0.2) is 25.0 Å². The number of halogens is 1. The lowest BCUT2D eigenvalue weighted by atomic mass is 9.80. The van der Waals surface area contributed by atoms with Gasteiger partial charge in [0.1, 0.15) is 0 Å². The Morgan fingerprint density at radius 1 is 1.29 bits per heavy atom. The summed E-state index contributed by atoms with van der Waals surface area (Å²) < 4.78 is 11.6. The molecule has 2 heterocycles. The Balaban J connectivity index is 2.05. The number of rotatable bonds is 2. The molecular formula is C17H16ClN4O2+. The SMILES string of the molecule is CC[C@]1(c2cccc(Cl)c2)[C@]2(C#N)C(N)=[NH+]C3(OCCO3)[C@@]21C#N. The monoisotopic (exact) mass is 343 g/mol. The lowest BCUT2D eigenvalue weighted by Gasteiger charge is -2.29. The first-order valence-electron chi connectivity index (χ1n) is 7.79. The first kappa shape index (κ1) is 15.4. The highest BCUT2D eigenvalue weighted by molar-refractivity contribution is 6.30. The average molecular weight is 344 g/mol. The van der Waals surface area contributed by atoms with Gasteiger partial charge in [-0.2, -0.15) is 10.5 Å². The fraction of sp³-hybridized carbons (Fsp3) is 0.471. The fourth-order valence-corrected chi connectivity index (χ4v) is 5.26. The molecule has 3 aliphatic rings. The number of nitrogens with zero attached hydrogens (tertiary/aromatic N) is 2. The van der Waals surface area contributed by atoms with Gasteiger partial charge in [-0.15, -0.1) is 0 Å². The predicted molar refractivity (Wildman–Crippen MR) is 84.3 cm³/mol. The van der Waals surface area contributed by atoms with Gasteiger partial charge >= 0.3 is 5.91 Å². The Labute approximate surface area is 144 Å². The molecule has 4 rings (SSSR count). The van der Waals surface area contributed by atoms with E-state index in [-0.39, 0.29) is 5.84 Å². The molecule has 1 aromatic carbocycles. The highest BCUT2D eigenvalue weighted by Gasteiger charge is 3.04. The molecule has 3 N–H and O–H groups in total. The molecule has 24 heavy (non-hydrogen) atoms. The number of fused-ring (bicyclic) bond motifs is 2. The average Bonchev–Trinajstić information content (AvgIpc) is 2.79. The first-order valence-corrected chi connectivity index (χ1v) is 8.17. The Morgan fingerprint density at radius 2 is 2.00 bits per heavy atom. The molecule has 1 aromatic rings. The van der Waals surface area contributed by atoms with Crippen molar-refractivity contribution in [3.8, 4) is 12.1 Å². The molecule has 7 heteroatoms. The molecule has 0 radical (unpaired) electrons. The van der Waals surface area contributed by atoms with E-state index in [9.17, 15) is 10.5 Å². The van der Waals surface area contributed by atoms with Gasteiger partial charge in [-0.25, -0.2) is 4.99 Å². The quantitative estimate of drug-likeness (QED) is 0.796. The largest absolute Gasteiger partial charge is 0.343 e. The third-order valence-corrected chi connectivity index (χ3v) is 6.09. The molecule has 3 atom stereocenters. The van der Waals surface area contributed by atoms with E-state index in [4.69, 9.17) is 26.8 Å². The summed E-state index contributed by atoms with van der Waals surface area (Å²) in [5.74, 6) is -1.19. The Hall–Kier alpha value is -2.12. The maximum absolute atomic E-state index is 10.2. The van der Waals surface area contributed by atoms with Crippen LogP contribution in [0, 0.1) is 33.5 Å². The van der Waals surface area contributed by atoms with Crippen LogP contribution in [0.3, 0.4) is 0 Å². The van der Waals surface area contributed by atoms with Crippen LogP contribution in [0.1, 0.15) is 18.9 Å². The summed E-state index contributed by atoms with van der Waals surface area (Å²) in [6.07, 6.45) is 0.519. The zero-order chi connectivity index (χ0) is 17.2. The van der Waals surface area contributed by atoms with Crippen molar-refractivity contribution < 1.29 is 14.5 Å². The van der Waals surface area contributed by atoms with Crippen LogP contribution < -0.4 is 10.7 Å². The number of ether oxygens (including phenoxy) is 2. The van der Waals surface area contributed by atoms with Gasteiger partial charge in [0.15, 0.2) is 10.8 Å². The van der Waals surface area contributed by atoms with Gasteiger partial charge in [0.2, 0.25) is 0 Å². The molecule has 0 aromatic heterocycles. The molecular weight excluding hydrogens is 328 g/mol. The molecule has 0 bridgehead atoms. The van der Waals surface area contributed by atoms with Crippen LogP contribution in [0.5, 0.6) is 0 Å². The minimum atomic E-state index is -1.40. The van der Waals surface area contributed by atoms with Crippen molar-refractivity contribution in [1.82, 2.24) is 0 Å². The molecule has 1 aliphatic carbocycles. The molecule has 0 amide bonds. The van der Waals surface area contributed by atoms with Crippen molar-refractivity contribution in [3.05, 3.63) is 34.9 Å². The highest BCUT2D eigenvalue weighted by Crippen LogP contribution is 2.83. The summed E-state index contributed by atoms with van der Waals surface area (Å²) in [5, 5.41) is 20.8. The summed E-state index contributed by atoms with van der Waals surface area (Å²) >= 11 is 6.18. The maximum atomic E-state index is 10.2. The van der Waals surface area contributed by atoms with E-state index in [0.717, 1.165) is 5.56 Å². The van der Waals surface area contributed by atoms with E-state index in [1.54, 1.807) is 12.1 Å². The second-order valence-electron chi connectivity index (χ2n) is 6.35. The topological polar surface area (TPSA) is 106 Å². The van der Waals surface area contributed by atoms with Gasteiger partial charge in [0, 0.05) is 5.02 Å². The number of benzene rings is 1. The van der Waals surface area contributed by atoms with Gasteiger partial charge in [-0.1, -0.05) is 30.7 Å². The number of nitrogens with one attached hydrogen (secondary N) is 1. The van der Waals surface area contributed by atoms with E-state index in [1.807, 2.05) is 19.1 Å². The molecule has 0 unspecified atom stereocenters. The van der Waals surface area contributed by atoms with Gasteiger partial charge in [0.25, 0.3) is 5.84 Å². The lowest BCUT2D eigenvalue weighted by Crippen LogP contribution is -2.90. The zero-order valence-corrected chi connectivity index (χ0v) is 13.9. The minimum absolute atomic E-state index is 0.218. The van der Waals surface area contributed by atoms with Crippen molar-refractivity contribution in [1.29, 1.82) is 10.5 Å². The second kappa shape index (κ2) is 4.49. The van der Waals surface area contributed by atoms with Gasteiger partial charge in [-0.05, 0) is 24.1 Å². The Bertz CT molecular complexity index is 851. The van der Waals surface area contributed by atoms with Crippen LogP contribution in [0.15, 0.2) is 24.3 Å². The van der Waals surface area contributed by atoms with Crippen molar-refractivity contribution >= 4 is 17.4 Å². The molecule has 2 aliphatic heterocycles. The molecule has 1 saturated carbocycles. The number of amidine groups is 1. The first-order chi connectivity index (χ1) is 11.5. The third-order valence-electron chi connectivity index (χ3n) is 5.85. The minimum Gasteiger partial charge on any atom is -0.311 e. The van der Waals surface area contributed by atoms with Crippen molar-refractivity contribution in [2.75, 3.05) is 13.2 Å². The Morgan fingerprint density at radius 3 is 2.54 bits per heavy atom. The smallest absolute Gasteiger partial charge is 0.311 e. The Kier molecular flexibility index (Phi) is 2.88. The van der Waals surface area contributed by atoms with E-state index < -0.39 is 22.2 Å². The van der Waals surface area contributed by atoms with Crippen molar-refractivity contribution in [3.63, 3.8) is 0 Å². The normalized spacial score (nSPS) is 38.2. The summed E-state index contributed by atoms with van der Waals surface area (Å²) in [5.41, 5.74) is 3.67. The van der Waals surface area contributed by atoms with Crippen LogP contribution in [0.25, 0.3) is 0 Å². The summed E-state index contributed by atoms with van der Waals surface area (Å²) in [7, 11) is 0. The van der Waals surface area contributed by atoms with E-state index in [1.165, 1.54) is 0 Å². The van der Waals surface area contributed by atoms with Crippen LogP contribution >= 0.6 is 11.6 Å². The van der Waals surface area contributed by atoms with Gasteiger partial charge in [-0.3, -0.25) is 5.73 Å². The summed E-state index contributed by atoms with van der Waals surface area (Å²) in [4.78, 5) is 2.96. The third kappa shape index (κ3) is 1.20. The number of hydrogen-bond acceptors (Lipinski definition) is 5. The fourth-order valence-electron chi connectivity index (χ4n) is 5.07. The highest BCUT2D eigenvalue weighted by atomic mass is 35.5. The molecule has 6 nitrogen and oxygen atoms in total.